The number of aryl methyl sites for hydroxylation is 1. The zero-order valence-electron chi connectivity index (χ0n) is 11.2. The minimum atomic E-state index is -3.51. The van der Waals surface area contributed by atoms with E-state index in [0.29, 0.717) is 22.8 Å². The average Bonchev–Trinajstić information content (AvgIpc) is 2.82. The van der Waals surface area contributed by atoms with Crippen LogP contribution in [0.1, 0.15) is 11.1 Å². The zero-order valence-corrected chi connectivity index (χ0v) is 12.0. The molecule has 5 heteroatoms. The molecule has 0 radical (unpaired) electrons. The van der Waals surface area contributed by atoms with E-state index in [9.17, 15) is 8.42 Å². The Labute approximate surface area is 118 Å². The number of hydrogen-bond acceptors (Lipinski definition) is 3. The minimum absolute atomic E-state index is 0.327. The summed E-state index contributed by atoms with van der Waals surface area (Å²) in [6.45, 7) is 2.35. The summed E-state index contributed by atoms with van der Waals surface area (Å²) in [5, 5.41) is 0. The van der Waals surface area contributed by atoms with E-state index in [4.69, 9.17) is 5.73 Å². The normalized spacial score (nSPS) is 14.3. The summed E-state index contributed by atoms with van der Waals surface area (Å²) in [7, 11) is -3.51. The van der Waals surface area contributed by atoms with E-state index in [1.807, 2.05) is 25.1 Å². The monoisotopic (exact) mass is 288 g/mol. The first kappa shape index (κ1) is 13.0. The Morgan fingerprint density at radius 1 is 1.15 bits per heavy atom. The second-order valence-corrected chi connectivity index (χ2v) is 6.89. The van der Waals surface area contributed by atoms with Gasteiger partial charge in [-0.2, -0.15) is 0 Å². The Morgan fingerprint density at radius 2 is 1.95 bits per heavy atom. The van der Waals surface area contributed by atoms with Gasteiger partial charge in [0.05, 0.1) is 10.6 Å². The van der Waals surface area contributed by atoms with Crippen LogP contribution in [0.4, 0.5) is 11.4 Å². The summed E-state index contributed by atoms with van der Waals surface area (Å²) < 4.78 is 26.9. The van der Waals surface area contributed by atoms with Crippen LogP contribution in [-0.2, 0) is 16.4 Å². The molecule has 2 N–H and O–H groups in total. The van der Waals surface area contributed by atoms with Crippen molar-refractivity contribution in [2.75, 3.05) is 16.6 Å². The summed E-state index contributed by atoms with van der Waals surface area (Å²) in [5.41, 5.74) is 9.01. The van der Waals surface area contributed by atoms with Gasteiger partial charge in [-0.15, -0.1) is 0 Å². The number of sulfonamides is 1. The lowest BCUT2D eigenvalue weighted by atomic mass is 10.1. The SMILES string of the molecule is Cc1cccc(S(=O)(=O)N2CCc3ccc(N)cc32)c1. The predicted octanol–water partition coefficient (Wildman–Crippen LogP) is 2.33. The maximum atomic E-state index is 12.7. The van der Waals surface area contributed by atoms with E-state index in [1.165, 1.54) is 4.31 Å². The maximum Gasteiger partial charge on any atom is 0.264 e. The molecule has 1 aliphatic rings. The van der Waals surface area contributed by atoms with Gasteiger partial charge in [-0.1, -0.05) is 18.2 Å². The maximum absolute atomic E-state index is 12.7. The molecule has 2 aromatic rings. The molecule has 0 aromatic heterocycles. The lowest BCUT2D eigenvalue weighted by molar-refractivity contribution is 0.592. The van der Waals surface area contributed by atoms with E-state index in [0.717, 1.165) is 17.5 Å². The number of fused-ring (bicyclic) bond motifs is 1. The number of rotatable bonds is 2. The van der Waals surface area contributed by atoms with Gasteiger partial charge in [-0.05, 0) is 48.7 Å². The van der Waals surface area contributed by atoms with Crippen molar-refractivity contribution in [1.29, 1.82) is 0 Å². The van der Waals surface area contributed by atoms with Crippen molar-refractivity contribution in [2.24, 2.45) is 0 Å². The van der Waals surface area contributed by atoms with Gasteiger partial charge in [-0.25, -0.2) is 8.42 Å². The molecule has 0 spiro atoms. The molecule has 3 rings (SSSR count). The molecule has 0 fully saturated rings. The fourth-order valence-electron chi connectivity index (χ4n) is 2.52. The summed E-state index contributed by atoms with van der Waals surface area (Å²) in [4.78, 5) is 0.327. The van der Waals surface area contributed by atoms with Gasteiger partial charge in [0.2, 0.25) is 0 Å². The minimum Gasteiger partial charge on any atom is -0.399 e. The van der Waals surface area contributed by atoms with Gasteiger partial charge in [0, 0.05) is 12.2 Å². The molecule has 0 aliphatic carbocycles. The molecule has 2 aromatic carbocycles. The molecule has 1 heterocycles. The highest BCUT2D eigenvalue weighted by molar-refractivity contribution is 7.92. The molecule has 104 valence electrons. The Morgan fingerprint density at radius 3 is 2.70 bits per heavy atom. The lowest BCUT2D eigenvalue weighted by Crippen LogP contribution is -2.29. The van der Waals surface area contributed by atoms with Gasteiger partial charge >= 0.3 is 0 Å². The molecule has 0 saturated carbocycles. The largest absolute Gasteiger partial charge is 0.399 e. The highest BCUT2D eigenvalue weighted by atomic mass is 32.2. The van der Waals surface area contributed by atoms with Gasteiger partial charge in [0.25, 0.3) is 10.0 Å². The Balaban J connectivity index is 2.09. The van der Waals surface area contributed by atoms with Crippen molar-refractivity contribution in [3.05, 3.63) is 53.6 Å². The Bertz CT molecular complexity index is 769. The average molecular weight is 288 g/mol. The van der Waals surface area contributed by atoms with E-state index >= 15 is 0 Å². The van der Waals surface area contributed by atoms with Gasteiger partial charge in [0.1, 0.15) is 0 Å². The molecule has 4 nitrogen and oxygen atoms in total. The van der Waals surface area contributed by atoms with Gasteiger partial charge < -0.3 is 5.73 Å². The van der Waals surface area contributed by atoms with Crippen molar-refractivity contribution >= 4 is 21.4 Å². The fraction of sp³-hybridized carbons (Fsp3) is 0.200. The lowest BCUT2D eigenvalue weighted by Gasteiger charge is -2.20. The van der Waals surface area contributed by atoms with E-state index in [-0.39, 0.29) is 0 Å². The van der Waals surface area contributed by atoms with Crippen LogP contribution in [0.2, 0.25) is 0 Å². The van der Waals surface area contributed by atoms with E-state index < -0.39 is 10.0 Å². The summed E-state index contributed by atoms with van der Waals surface area (Å²) >= 11 is 0. The number of hydrogen-bond donors (Lipinski definition) is 1. The topological polar surface area (TPSA) is 63.4 Å². The van der Waals surface area contributed by atoms with Crippen LogP contribution in [-0.4, -0.2) is 15.0 Å². The van der Waals surface area contributed by atoms with Crippen LogP contribution in [0, 0.1) is 6.92 Å². The Kier molecular flexibility index (Phi) is 2.94. The first-order valence-electron chi connectivity index (χ1n) is 6.46. The van der Waals surface area contributed by atoms with Crippen molar-refractivity contribution < 1.29 is 8.42 Å². The van der Waals surface area contributed by atoms with E-state index in [1.54, 1.807) is 24.3 Å². The standard InChI is InChI=1S/C15H16N2O2S/c1-11-3-2-4-14(9-11)20(18,19)17-8-7-12-5-6-13(16)10-15(12)17/h2-6,9-10H,7-8,16H2,1H3. The number of benzene rings is 2. The molecule has 0 bridgehead atoms. The summed E-state index contributed by atoms with van der Waals surface area (Å²) in [6, 6.07) is 12.4. The first-order valence-corrected chi connectivity index (χ1v) is 7.90. The number of nitrogens with two attached hydrogens (primary N) is 1. The van der Waals surface area contributed by atoms with Gasteiger partial charge in [0.15, 0.2) is 0 Å². The Hall–Kier alpha value is -2.01. The van der Waals surface area contributed by atoms with Crippen LogP contribution in [0.5, 0.6) is 0 Å². The molecular weight excluding hydrogens is 272 g/mol. The second-order valence-electron chi connectivity index (χ2n) is 5.03. The molecule has 0 amide bonds. The van der Waals surface area contributed by atoms with Crippen LogP contribution >= 0.6 is 0 Å². The molecule has 20 heavy (non-hydrogen) atoms. The molecule has 0 saturated heterocycles. The molecule has 0 unspecified atom stereocenters. The van der Waals surface area contributed by atoms with Gasteiger partial charge in [-0.3, -0.25) is 4.31 Å². The van der Waals surface area contributed by atoms with E-state index in [2.05, 4.69) is 0 Å². The van der Waals surface area contributed by atoms with Crippen molar-refractivity contribution in [3.63, 3.8) is 0 Å². The van der Waals surface area contributed by atoms with Crippen LogP contribution in [0.15, 0.2) is 47.4 Å². The number of nitrogens with zero attached hydrogens (tertiary/aromatic N) is 1. The number of nitrogen functional groups attached to an aromatic ring is 1. The zero-order chi connectivity index (χ0) is 14.3. The van der Waals surface area contributed by atoms with Crippen molar-refractivity contribution in [3.8, 4) is 0 Å². The third-order valence-electron chi connectivity index (χ3n) is 3.54. The molecule has 0 atom stereocenters. The highest BCUT2D eigenvalue weighted by Crippen LogP contribution is 2.34. The highest BCUT2D eigenvalue weighted by Gasteiger charge is 2.30. The third kappa shape index (κ3) is 2.04. The predicted molar refractivity (Wildman–Crippen MR) is 80.3 cm³/mol. The summed E-state index contributed by atoms with van der Waals surface area (Å²) in [5.74, 6) is 0. The first-order chi connectivity index (χ1) is 9.48. The third-order valence-corrected chi connectivity index (χ3v) is 5.35. The molecular formula is C15H16N2O2S. The smallest absolute Gasteiger partial charge is 0.264 e. The summed E-state index contributed by atoms with van der Waals surface area (Å²) in [6.07, 6.45) is 0.723. The quantitative estimate of drug-likeness (QED) is 0.863. The van der Waals surface area contributed by atoms with Crippen LogP contribution in [0.25, 0.3) is 0 Å². The van der Waals surface area contributed by atoms with Crippen LogP contribution in [0.3, 0.4) is 0 Å². The van der Waals surface area contributed by atoms with Crippen molar-refractivity contribution in [2.45, 2.75) is 18.2 Å². The second kappa shape index (κ2) is 4.52. The number of anilines is 2. The molecule has 1 aliphatic heterocycles. The van der Waals surface area contributed by atoms with Crippen molar-refractivity contribution in [1.82, 2.24) is 0 Å². The van der Waals surface area contributed by atoms with Crippen LogP contribution < -0.4 is 10.0 Å². The fourth-order valence-corrected chi connectivity index (χ4v) is 4.12.